The summed E-state index contributed by atoms with van der Waals surface area (Å²) in [5.41, 5.74) is -0.248. The molecule has 1 aliphatic heterocycles. The van der Waals surface area contributed by atoms with Gasteiger partial charge in [0.25, 0.3) is 0 Å². The molecule has 0 saturated carbocycles. The highest BCUT2D eigenvalue weighted by Crippen LogP contribution is 2.30. The maximum atomic E-state index is 12.4. The number of amides is 2. The molecule has 4 heteroatoms. The van der Waals surface area contributed by atoms with Gasteiger partial charge in [-0.05, 0) is 25.2 Å². The average molecular weight is 254 g/mol. The lowest BCUT2D eigenvalue weighted by Crippen LogP contribution is -2.68. The quantitative estimate of drug-likeness (QED) is 0.836. The molecule has 0 aromatic heterocycles. The molecule has 0 aromatic carbocycles. The lowest BCUT2D eigenvalue weighted by atomic mass is 9.82. The lowest BCUT2D eigenvalue weighted by molar-refractivity contribution is -0.156. The van der Waals surface area contributed by atoms with Crippen molar-refractivity contribution in [3.63, 3.8) is 0 Å². The van der Waals surface area contributed by atoms with Crippen molar-refractivity contribution < 1.29 is 9.59 Å². The molecule has 0 aromatic rings. The number of nitrogens with zero attached hydrogens (tertiary/aromatic N) is 1. The third kappa shape index (κ3) is 2.68. The van der Waals surface area contributed by atoms with Gasteiger partial charge < -0.3 is 10.2 Å². The van der Waals surface area contributed by atoms with E-state index in [1.54, 1.807) is 6.92 Å². The van der Waals surface area contributed by atoms with Crippen LogP contribution in [0.3, 0.4) is 0 Å². The third-order valence-corrected chi connectivity index (χ3v) is 3.67. The fraction of sp³-hybridized carbons (Fsp3) is 0.857. The highest BCUT2D eigenvalue weighted by atomic mass is 16.2. The molecule has 2 unspecified atom stereocenters. The van der Waals surface area contributed by atoms with Crippen LogP contribution in [0.5, 0.6) is 0 Å². The molecule has 1 heterocycles. The van der Waals surface area contributed by atoms with E-state index in [2.05, 4.69) is 19.2 Å². The van der Waals surface area contributed by atoms with Gasteiger partial charge in [-0.2, -0.15) is 0 Å². The van der Waals surface area contributed by atoms with Crippen LogP contribution in [0.2, 0.25) is 0 Å². The minimum absolute atomic E-state index is 0.0264. The first-order chi connectivity index (χ1) is 8.23. The predicted molar refractivity (Wildman–Crippen MR) is 72.1 cm³/mol. The van der Waals surface area contributed by atoms with Crippen LogP contribution in [-0.4, -0.2) is 34.8 Å². The Labute approximate surface area is 110 Å². The molecule has 0 bridgehead atoms. The highest BCUT2D eigenvalue weighted by Gasteiger charge is 2.46. The van der Waals surface area contributed by atoms with Crippen LogP contribution in [0, 0.1) is 5.41 Å². The number of hydrogen-bond acceptors (Lipinski definition) is 2. The van der Waals surface area contributed by atoms with E-state index in [9.17, 15) is 9.59 Å². The van der Waals surface area contributed by atoms with Gasteiger partial charge in [0.15, 0.2) is 0 Å². The lowest BCUT2D eigenvalue weighted by Gasteiger charge is -2.47. The van der Waals surface area contributed by atoms with Crippen molar-refractivity contribution in [2.75, 3.05) is 0 Å². The van der Waals surface area contributed by atoms with Crippen LogP contribution in [0.25, 0.3) is 0 Å². The van der Waals surface area contributed by atoms with E-state index in [0.29, 0.717) is 0 Å². The maximum Gasteiger partial charge on any atom is 0.245 e. The number of piperazine rings is 1. The van der Waals surface area contributed by atoms with Gasteiger partial charge in [0.1, 0.15) is 12.1 Å². The first-order valence-corrected chi connectivity index (χ1v) is 6.86. The van der Waals surface area contributed by atoms with E-state index >= 15 is 0 Å². The van der Waals surface area contributed by atoms with Crippen molar-refractivity contribution in [2.45, 2.75) is 72.5 Å². The first kappa shape index (κ1) is 15.0. The fourth-order valence-corrected chi connectivity index (χ4v) is 2.71. The van der Waals surface area contributed by atoms with E-state index in [0.717, 1.165) is 12.8 Å². The van der Waals surface area contributed by atoms with Gasteiger partial charge in [-0.3, -0.25) is 9.59 Å². The molecule has 4 nitrogen and oxygen atoms in total. The molecular formula is C14H26N2O2. The van der Waals surface area contributed by atoms with Crippen LogP contribution in [0.1, 0.15) is 54.4 Å². The summed E-state index contributed by atoms with van der Waals surface area (Å²) in [6.07, 6.45) is 1.77. The largest absolute Gasteiger partial charge is 0.343 e. The topological polar surface area (TPSA) is 49.4 Å². The Hall–Kier alpha value is -1.06. The Balaban J connectivity index is 3.17. The molecule has 104 valence electrons. The predicted octanol–water partition coefficient (Wildman–Crippen LogP) is 1.94. The van der Waals surface area contributed by atoms with Gasteiger partial charge in [0.2, 0.25) is 11.8 Å². The summed E-state index contributed by atoms with van der Waals surface area (Å²) in [5, 5.41) is 2.79. The summed E-state index contributed by atoms with van der Waals surface area (Å²) in [4.78, 5) is 26.5. The second kappa shape index (κ2) is 5.29. The monoisotopic (exact) mass is 254 g/mol. The Bertz CT molecular complexity index is 329. The molecule has 0 radical (unpaired) electrons. The zero-order valence-corrected chi connectivity index (χ0v) is 12.4. The van der Waals surface area contributed by atoms with E-state index < -0.39 is 6.04 Å². The van der Waals surface area contributed by atoms with Crippen molar-refractivity contribution in [1.29, 1.82) is 0 Å². The zero-order valence-electron chi connectivity index (χ0n) is 12.4. The van der Waals surface area contributed by atoms with Crippen molar-refractivity contribution >= 4 is 11.8 Å². The summed E-state index contributed by atoms with van der Waals surface area (Å²) in [6, 6.07) is -0.627. The van der Waals surface area contributed by atoms with Crippen LogP contribution in [0.15, 0.2) is 0 Å². The summed E-state index contributed by atoms with van der Waals surface area (Å²) in [5.74, 6) is 0.0183. The van der Waals surface area contributed by atoms with E-state index in [4.69, 9.17) is 0 Å². The highest BCUT2D eigenvalue weighted by molar-refractivity contribution is 5.97. The molecule has 1 saturated heterocycles. The number of rotatable bonds is 3. The fourth-order valence-electron chi connectivity index (χ4n) is 2.71. The average Bonchev–Trinajstić information content (AvgIpc) is 2.24. The Morgan fingerprint density at radius 1 is 1.22 bits per heavy atom. The van der Waals surface area contributed by atoms with Crippen molar-refractivity contribution in [2.24, 2.45) is 5.41 Å². The molecule has 2 amide bonds. The maximum absolute atomic E-state index is 12.4. The molecule has 18 heavy (non-hydrogen) atoms. The first-order valence-electron chi connectivity index (χ1n) is 6.86. The number of carbonyl (C=O) groups is 2. The number of hydrogen-bond donors (Lipinski definition) is 1. The molecule has 0 spiro atoms. The molecule has 0 aliphatic carbocycles. The standard InChI is InChI=1S/C14H26N2O2/c1-7-10(8-2)16-11(14(4,5)6)12(17)15-9(3)13(16)18/h9-11H,7-8H2,1-6H3,(H,15,17). The van der Waals surface area contributed by atoms with Crippen molar-refractivity contribution in [1.82, 2.24) is 10.2 Å². The second-order valence-electron chi connectivity index (χ2n) is 6.21. The summed E-state index contributed by atoms with van der Waals surface area (Å²) >= 11 is 0. The van der Waals surface area contributed by atoms with Gasteiger partial charge in [-0.1, -0.05) is 34.6 Å². The van der Waals surface area contributed by atoms with Crippen molar-refractivity contribution in [3.05, 3.63) is 0 Å². The third-order valence-electron chi connectivity index (χ3n) is 3.67. The molecule has 1 N–H and O–H groups in total. The Morgan fingerprint density at radius 3 is 2.11 bits per heavy atom. The minimum Gasteiger partial charge on any atom is -0.343 e. The summed E-state index contributed by atoms with van der Waals surface area (Å²) in [7, 11) is 0. The smallest absolute Gasteiger partial charge is 0.245 e. The van der Waals surface area contributed by atoms with Crippen molar-refractivity contribution in [3.8, 4) is 0 Å². The van der Waals surface area contributed by atoms with Gasteiger partial charge in [0, 0.05) is 6.04 Å². The van der Waals surface area contributed by atoms with Crippen LogP contribution >= 0.6 is 0 Å². The van der Waals surface area contributed by atoms with Gasteiger partial charge in [0.05, 0.1) is 0 Å². The number of nitrogens with one attached hydrogen (secondary N) is 1. The second-order valence-corrected chi connectivity index (χ2v) is 6.21. The summed E-state index contributed by atoms with van der Waals surface area (Å²) < 4.78 is 0. The van der Waals surface area contributed by atoms with E-state index in [1.165, 1.54) is 0 Å². The molecule has 1 aliphatic rings. The molecular weight excluding hydrogens is 228 g/mol. The van der Waals surface area contributed by atoms with Crippen LogP contribution in [0.4, 0.5) is 0 Å². The van der Waals surface area contributed by atoms with Gasteiger partial charge in [-0.25, -0.2) is 0 Å². The van der Waals surface area contributed by atoms with Gasteiger partial charge >= 0.3 is 0 Å². The van der Waals surface area contributed by atoms with E-state index in [1.807, 2.05) is 25.7 Å². The Morgan fingerprint density at radius 2 is 1.72 bits per heavy atom. The minimum atomic E-state index is -0.406. The molecule has 1 rings (SSSR count). The van der Waals surface area contributed by atoms with E-state index in [-0.39, 0.29) is 29.3 Å². The van der Waals surface area contributed by atoms with Gasteiger partial charge in [-0.15, -0.1) is 0 Å². The molecule has 2 atom stereocenters. The molecule has 1 fully saturated rings. The normalized spacial score (nSPS) is 25.6. The zero-order chi connectivity index (χ0) is 14.1. The number of carbonyl (C=O) groups excluding carboxylic acids is 2. The SMILES string of the molecule is CCC(CC)N1C(=O)C(C)NC(=O)C1C(C)(C)C. The van der Waals surface area contributed by atoms with Crippen LogP contribution < -0.4 is 5.32 Å². The Kier molecular flexibility index (Phi) is 4.41. The van der Waals surface area contributed by atoms with Crippen LogP contribution in [-0.2, 0) is 9.59 Å². The summed E-state index contributed by atoms with van der Waals surface area (Å²) in [6.45, 7) is 11.9.